The molecule has 1 saturated carbocycles. The molecule has 0 aliphatic heterocycles. The number of Topliss-reactive ketones (excluding diaryl/α,β-unsaturated/α-hetero) is 1. The second-order valence-corrected chi connectivity index (χ2v) is 4.82. The molecule has 1 atom stereocenters. The molecule has 3 nitrogen and oxygen atoms in total. The van der Waals surface area contributed by atoms with Gasteiger partial charge in [-0.05, 0) is 18.2 Å². The lowest BCUT2D eigenvalue weighted by atomic mass is 10.1. The summed E-state index contributed by atoms with van der Waals surface area (Å²) in [5.74, 6) is -0.297. The average molecular weight is 244 g/mol. The predicted molar refractivity (Wildman–Crippen MR) is 63.7 cm³/mol. The van der Waals surface area contributed by atoms with Crippen molar-refractivity contribution in [2.24, 2.45) is 5.92 Å². The Balaban J connectivity index is 2.39. The largest absolute Gasteiger partial charge is 0.466 e. The second kappa shape index (κ2) is 6.02. The molecular weight excluding hydrogens is 232 g/mol. The van der Waals surface area contributed by atoms with Gasteiger partial charge in [-0.1, -0.05) is 24.0 Å². The molecule has 0 radical (unpaired) electrons. The Morgan fingerprint density at radius 2 is 2.40 bits per heavy atom. The highest BCUT2D eigenvalue weighted by Crippen LogP contribution is 2.27. The van der Waals surface area contributed by atoms with Gasteiger partial charge in [-0.15, -0.1) is 0 Å². The highest BCUT2D eigenvalue weighted by molar-refractivity contribution is 8.25. The predicted octanol–water partition coefficient (Wildman–Crippen LogP) is 2.10. The van der Waals surface area contributed by atoms with E-state index in [-0.39, 0.29) is 11.7 Å². The summed E-state index contributed by atoms with van der Waals surface area (Å²) >= 11 is 6.37. The van der Waals surface area contributed by atoms with E-state index in [1.807, 2.05) is 0 Å². The Bertz CT molecular complexity index is 310. The van der Waals surface area contributed by atoms with Gasteiger partial charge in [0.05, 0.1) is 17.2 Å². The van der Waals surface area contributed by atoms with Crippen molar-refractivity contribution in [3.63, 3.8) is 0 Å². The quantitative estimate of drug-likeness (QED) is 0.432. The van der Waals surface area contributed by atoms with E-state index in [2.05, 4.69) is 4.74 Å². The lowest BCUT2D eigenvalue weighted by Gasteiger charge is -2.05. The molecule has 0 bridgehead atoms. The van der Waals surface area contributed by atoms with E-state index in [0.717, 1.165) is 12.8 Å². The van der Waals surface area contributed by atoms with Crippen molar-refractivity contribution in [1.29, 1.82) is 0 Å². The number of ketones is 1. The van der Waals surface area contributed by atoms with Gasteiger partial charge < -0.3 is 4.74 Å². The summed E-state index contributed by atoms with van der Waals surface area (Å²) in [7, 11) is 1.32. The van der Waals surface area contributed by atoms with Gasteiger partial charge in [0, 0.05) is 12.5 Å². The Morgan fingerprint density at radius 3 is 2.93 bits per heavy atom. The number of esters is 1. The fourth-order valence-corrected chi connectivity index (χ4v) is 2.51. The second-order valence-electron chi connectivity index (χ2n) is 3.17. The molecule has 0 amide bonds. The van der Waals surface area contributed by atoms with Gasteiger partial charge in [-0.2, -0.15) is 0 Å². The van der Waals surface area contributed by atoms with Crippen LogP contribution < -0.4 is 0 Å². The molecule has 0 aromatic rings. The number of hydrogen-bond donors (Lipinski definition) is 0. The van der Waals surface area contributed by atoms with Crippen LogP contribution in [0.25, 0.3) is 0 Å². The van der Waals surface area contributed by atoms with E-state index in [1.54, 1.807) is 5.41 Å². The van der Waals surface area contributed by atoms with Crippen LogP contribution in [0.15, 0.2) is 11.5 Å². The number of carbonyl (C=O) groups is 2. The zero-order chi connectivity index (χ0) is 11.3. The fourth-order valence-electron chi connectivity index (χ4n) is 1.37. The van der Waals surface area contributed by atoms with Crippen LogP contribution in [-0.2, 0) is 14.3 Å². The van der Waals surface area contributed by atoms with Crippen LogP contribution in [0.1, 0.15) is 19.3 Å². The molecule has 1 aliphatic carbocycles. The highest BCUT2D eigenvalue weighted by atomic mass is 32.2. The van der Waals surface area contributed by atoms with E-state index in [4.69, 9.17) is 12.2 Å². The van der Waals surface area contributed by atoms with Crippen LogP contribution in [0.3, 0.4) is 0 Å². The molecule has 0 aromatic carbocycles. The maximum absolute atomic E-state index is 11.4. The van der Waals surface area contributed by atoms with E-state index in [9.17, 15) is 9.59 Å². The van der Waals surface area contributed by atoms with Crippen LogP contribution in [0.2, 0.25) is 0 Å². The minimum atomic E-state index is -0.414. The Labute approximate surface area is 98.2 Å². The number of ether oxygens (including phenoxy) is 1. The van der Waals surface area contributed by atoms with Crippen LogP contribution in [0.5, 0.6) is 0 Å². The smallest absolute Gasteiger partial charge is 0.330 e. The summed E-state index contributed by atoms with van der Waals surface area (Å²) in [6.07, 6.45) is 3.70. The first-order valence-electron chi connectivity index (χ1n) is 4.63. The monoisotopic (exact) mass is 244 g/mol. The maximum atomic E-state index is 11.4. The third kappa shape index (κ3) is 3.76. The molecule has 1 aliphatic rings. The van der Waals surface area contributed by atoms with E-state index in [0.29, 0.717) is 10.6 Å². The van der Waals surface area contributed by atoms with E-state index < -0.39 is 5.97 Å². The van der Waals surface area contributed by atoms with Crippen molar-refractivity contribution >= 4 is 39.9 Å². The number of rotatable bonds is 3. The highest BCUT2D eigenvalue weighted by Gasteiger charge is 2.27. The zero-order valence-corrected chi connectivity index (χ0v) is 10.0. The third-order valence-corrected chi connectivity index (χ3v) is 3.54. The molecule has 0 unspecified atom stereocenters. The normalized spacial score (nSPS) is 20.9. The molecule has 0 heterocycles. The number of thioether (sulfide) groups is 1. The number of thiocarbonyl (C=S) groups is 1. The van der Waals surface area contributed by atoms with Crippen molar-refractivity contribution in [2.75, 3.05) is 7.11 Å². The summed E-state index contributed by atoms with van der Waals surface area (Å²) in [4.78, 5) is 22.1. The van der Waals surface area contributed by atoms with Crippen molar-refractivity contribution < 1.29 is 14.3 Å². The summed E-state index contributed by atoms with van der Waals surface area (Å²) in [6, 6.07) is 0. The minimum Gasteiger partial charge on any atom is -0.466 e. The summed E-state index contributed by atoms with van der Waals surface area (Å²) in [5, 5.41) is 1.57. The average Bonchev–Trinajstić information content (AvgIpc) is 2.64. The molecule has 1 fully saturated rings. The van der Waals surface area contributed by atoms with Crippen LogP contribution in [-0.4, -0.2) is 23.1 Å². The van der Waals surface area contributed by atoms with Gasteiger partial charge in [0.25, 0.3) is 0 Å². The molecule has 0 saturated heterocycles. The van der Waals surface area contributed by atoms with Crippen LogP contribution >= 0.6 is 24.0 Å². The Morgan fingerprint density at radius 1 is 1.67 bits per heavy atom. The molecule has 1 rings (SSSR count). The lowest BCUT2D eigenvalue weighted by molar-refractivity contribution is -0.134. The minimum absolute atomic E-state index is 0.104. The van der Waals surface area contributed by atoms with Gasteiger partial charge in [0.1, 0.15) is 5.78 Å². The summed E-state index contributed by atoms with van der Waals surface area (Å²) < 4.78 is 5.08. The number of hydrogen-bond acceptors (Lipinski definition) is 5. The number of methoxy groups -OCH3 is 1. The first-order chi connectivity index (χ1) is 7.15. The van der Waals surface area contributed by atoms with Crippen molar-refractivity contribution in [3.8, 4) is 0 Å². The van der Waals surface area contributed by atoms with Crippen molar-refractivity contribution in [1.82, 2.24) is 0 Å². The van der Waals surface area contributed by atoms with Crippen LogP contribution in [0, 0.1) is 5.92 Å². The van der Waals surface area contributed by atoms with Gasteiger partial charge in [0.2, 0.25) is 0 Å². The lowest BCUT2D eigenvalue weighted by Crippen LogP contribution is -2.13. The topological polar surface area (TPSA) is 43.4 Å². The van der Waals surface area contributed by atoms with Gasteiger partial charge in [-0.3, -0.25) is 4.79 Å². The molecule has 5 heteroatoms. The Kier molecular flexibility index (Phi) is 4.98. The summed E-state index contributed by atoms with van der Waals surface area (Å²) in [6.45, 7) is 0. The SMILES string of the molecule is COC(=O)/C=C\SC(=S)[C@@H]1CCCC1=O. The van der Waals surface area contributed by atoms with Gasteiger partial charge >= 0.3 is 5.97 Å². The zero-order valence-electron chi connectivity index (χ0n) is 8.39. The van der Waals surface area contributed by atoms with Gasteiger partial charge in [-0.25, -0.2) is 4.79 Å². The third-order valence-electron chi connectivity index (χ3n) is 2.18. The molecular formula is C10H12O3S2. The molecule has 82 valence electrons. The summed E-state index contributed by atoms with van der Waals surface area (Å²) in [5.41, 5.74) is 0. The Hall–Kier alpha value is -0.680. The molecule has 0 spiro atoms. The molecule has 0 N–H and O–H groups in total. The standard InChI is InChI=1S/C10H12O3S2/c1-13-9(12)5-6-15-10(14)7-3-2-4-8(7)11/h5-7H,2-4H2,1H3/b6-5-/t7-/m1/s1. The molecule has 0 aromatic heterocycles. The van der Waals surface area contributed by atoms with E-state index >= 15 is 0 Å². The fraction of sp³-hybridized carbons (Fsp3) is 0.500. The molecule has 15 heavy (non-hydrogen) atoms. The van der Waals surface area contributed by atoms with Crippen molar-refractivity contribution in [2.45, 2.75) is 19.3 Å². The van der Waals surface area contributed by atoms with Crippen molar-refractivity contribution in [3.05, 3.63) is 11.5 Å². The first-order valence-corrected chi connectivity index (χ1v) is 5.91. The first kappa shape index (κ1) is 12.4. The van der Waals surface area contributed by atoms with Gasteiger partial charge in [0.15, 0.2) is 0 Å². The van der Waals surface area contributed by atoms with Crippen LogP contribution in [0.4, 0.5) is 0 Å². The number of carbonyl (C=O) groups excluding carboxylic acids is 2. The maximum Gasteiger partial charge on any atom is 0.330 e. The van der Waals surface area contributed by atoms with E-state index in [1.165, 1.54) is 24.9 Å².